The minimum absolute atomic E-state index is 0.0339. The van der Waals surface area contributed by atoms with Gasteiger partial charge in [-0.1, -0.05) is 65.8 Å². The van der Waals surface area contributed by atoms with Gasteiger partial charge in [-0.05, 0) is 17.7 Å². The van der Waals surface area contributed by atoms with Crippen LogP contribution in [-0.4, -0.2) is 20.7 Å². The fourth-order valence-electron chi connectivity index (χ4n) is 2.52. The van der Waals surface area contributed by atoms with Crippen LogP contribution in [-0.2, 0) is 0 Å². The van der Waals surface area contributed by atoms with Crippen molar-refractivity contribution in [2.45, 2.75) is 16.8 Å². The number of halogens is 1. The number of nitrogens with zero attached hydrogens (tertiary/aromatic N) is 3. The second-order valence-corrected chi connectivity index (χ2v) is 6.86. The Kier molecular flexibility index (Phi) is 3.67. The Labute approximate surface area is 142 Å². The van der Waals surface area contributed by atoms with Crippen LogP contribution < -0.4 is 0 Å². The van der Waals surface area contributed by atoms with Gasteiger partial charge in [0.25, 0.3) is 5.91 Å². The number of aromatic nitrogens is 3. The summed E-state index contributed by atoms with van der Waals surface area (Å²) in [5.41, 5.74) is 1.98. The molecule has 4 nitrogen and oxygen atoms in total. The fourth-order valence-corrected chi connectivity index (χ4v) is 3.80. The zero-order chi connectivity index (χ0) is 15.8. The number of thioether (sulfide) groups is 1. The van der Waals surface area contributed by atoms with Gasteiger partial charge < -0.3 is 0 Å². The Balaban J connectivity index is 1.68. The molecule has 0 bridgehead atoms. The van der Waals surface area contributed by atoms with Gasteiger partial charge in [0.2, 0.25) is 0 Å². The van der Waals surface area contributed by atoms with Crippen LogP contribution in [0.3, 0.4) is 0 Å². The maximum Gasteiger partial charge on any atom is 0.250 e. The Morgan fingerprint density at radius 1 is 1.09 bits per heavy atom. The first-order valence-corrected chi connectivity index (χ1v) is 8.44. The maximum absolute atomic E-state index is 12.4. The number of carbonyl (C=O) groups excluding carboxylic acids is 1. The summed E-state index contributed by atoms with van der Waals surface area (Å²) in [7, 11) is 0. The second kappa shape index (κ2) is 5.83. The molecule has 0 saturated heterocycles. The van der Waals surface area contributed by atoms with Gasteiger partial charge in [-0.15, -0.1) is 5.10 Å². The molecule has 3 aromatic rings. The van der Waals surface area contributed by atoms with Gasteiger partial charge >= 0.3 is 0 Å². The van der Waals surface area contributed by atoms with Crippen molar-refractivity contribution >= 4 is 29.3 Å². The molecule has 1 unspecified atom stereocenters. The topological polar surface area (TPSA) is 47.8 Å². The minimum atomic E-state index is -0.0339. The van der Waals surface area contributed by atoms with Crippen molar-refractivity contribution in [3.63, 3.8) is 0 Å². The van der Waals surface area contributed by atoms with Crippen molar-refractivity contribution in [2.24, 2.45) is 0 Å². The first-order valence-electron chi connectivity index (χ1n) is 7.18. The predicted molar refractivity (Wildman–Crippen MR) is 90.8 cm³/mol. The van der Waals surface area contributed by atoms with Crippen molar-refractivity contribution in [1.29, 1.82) is 0 Å². The van der Waals surface area contributed by atoms with Gasteiger partial charge in [-0.2, -0.15) is 4.68 Å². The van der Waals surface area contributed by atoms with E-state index in [0.29, 0.717) is 22.4 Å². The highest BCUT2D eigenvalue weighted by Gasteiger charge is 2.30. The van der Waals surface area contributed by atoms with Crippen LogP contribution in [0.4, 0.5) is 0 Å². The molecule has 0 spiro atoms. The van der Waals surface area contributed by atoms with Gasteiger partial charge in [-0.25, -0.2) is 4.98 Å². The van der Waals surface area contributed by atoms with Crippen LogP contribution in [0.5, 0.6) is 0 Å². The van der Waals surface area contributed by atoms with Gasteiger partial charge in [0, 0.05) is 22.3 Å². The molecule has 0 radical (unpaired) electrons. The van der Waals surface area contributed by atoms with Gasteiger partial charge in [0.1, 0.15) is 0 Å². The summed E-state index contributed by atoms with van der Waals surface area (Å²) in [5, 5.41) is 5.73. The molecule has 0 fully saturated rings. The molecule has 1 atom stereocenters. The number of rotatable bonds is 2. The first kappa shape index (κ1) is 14.5. The normalized spacial score (nSPS) is 17.1. The Hall–Kier alpha value is -2.11. The molecular weight excluding hydrogens is 330 g/mol. The SMILES string of the molecule is O=C1CC(c2ccc(Cl)cc2)Sc2nc(-c3ccccc3)nn21. The summed E-state index contributed by atoms with van der Waals surface area (Å²) in [4.78, 5) is 16.9. The molecule has 2 heterocycles. The summed E-state index contributed by atoms with van der Waals surface area (Å²) in [6.45, 7) is 0. The highest BCUT2D eigenvalue weighted by molar-refractivity contribution is 7.99. The molecule has 1 aromatic heterocycles. The molecule has 0 saturated carbocycles. The highest BCUT2D eigenvalue weighted by Crippen LogP contribution is 2.41. The van der Waals surface area contributed by atoms with Crippen molar-refractivity contribution in [2.75, 3.05) is 0 Å². The molecule has 6 heteroatoms. The maximum atomic E-state index is 12.4. The summed E-state index contributed by atoms with van der Waals surface area (Å²) in [6.07, 6.45) is 0.400. The third kappa shape index (κ3) is 2.78. The van der Waals surface area contributed by atoms with Crippen LogP contribution >= 0.6 is 23.4 Å². The summed E-state index contributed by atoms with van der Waals surface area (Å²) < 4.78 is 1.42. The lowest BCUT2D eigenvalue weighted by atomic mass is 10.1. The molecule has 2 aromatic carbocycles. The van der Waals surface area contributed by atoms with E-state index in [1.165, 1.54) is 4.68 Å². The lowest BCUT2D eigenvalue weighted by molar-refractivity contribution is 0.0868. The van der Waals surface area contributed by atoms with Crippen molar-refractivity contribution in [3.05, 3.63) is 65.2 Å². The summed E-state index contributed by atoms with van der Waals surface area (Å²) in [5.74, 6) is 0.548. The molecule has 23 heavy (non-hydrogen) atoms. The molecule has 4 rings (SSSR count). The van der Waals surface area contributed by atoms with Gasteiger partial charge in [0.15, 0.2) is 11.0 Å². The van der Waals surface area contributed by atoms with E-state index in [0.717, 1.165) is 11.1 Å². The largest absolute Gasteiger partial charge is 0.272 e. The summed E-state index contributed by atoms with van der Waals surface area (Å²) >= 11 is 7.49. The van der Waals surface area contributed by atoms with Crippen molar-refractivity contribution < 1.29 is 4.79 Å². The lowest BCUT2D eigenvalue weighted by Gasteiger charge is -2.20. The highest BCUT2D eigenvalue weighted by atomic mass is 35.5. The smallest absolute Gasteiger partial charge is 0.250 e. The van der Waals surface area contributed by atoms with Gasteiger partial charge in [-0.3, -0.25) is 4.79 Å². The van der Waals surface area contributed by atoms with E-state index in [-0.39, 0.29) is 11.2 Å². The molecule has 0 aliphatic carbocycles. The van der Waals surface area contributed by atoms with Crippen molar-refractivity contribution in [1.82, 2.24) is 14.8 Å². The average Bonchev–Trinajstić information content (AvgIpc) is 3.01. The van der Waals surface area contributed by atoms with Crippen LogP contribution in [0.25, 0.3) is 11.4 Å². The zero-order valence-corrected chi connectivity index (χ0v) is 13.6. The van der Waals surface area contributed by atoms with E-state index >= 15 is 0 Å². The number of hydrogen-bond acceptors (Lipinski definition) is 4. The molecule has 1 aliphatic rings. The number of benzene rings is 2. The second-order valence-electron chi connectivity index (χ2n) is 5.25. The number of fused-ring (bicyclic) bond motifs is 1. The molecule has 0 N–H and O–H groups in total. The van der Waals surface area contributed by atoms with Gasteiger partial charge in [0.05, 0.1) is 0 Å². The van der Waals surface area contributed by atoms with Crippen LogP contribution in [0.15, 0.2) is 59.8 Å². The molecule has 0 amide bonds. The standard InChI is InChI=1S/C17H12ClN3OS/c18-13-8-6-11(7-9-13)14-10-15(22)21-17(23-14)19-16(20-21)12-4-2-1-3-5-12/h1-9,14H,10H2. The minimum Gasteiger partial charge on any atom is -0.272 e. The van der Waals surface area contributed by atoms with E-state index in [4.69, 9.17) is 11.6 Å². The quantitative estimate of drug-likeness (QED) is 0.689. The fraction of sp³-hybridized carbons (Fsp3) is 0.118. The average molecular weight is 342 g/mol. The Morgan fingerprint density at radius 3 is 2.57 bits per heavy atom. The molecular formula is C17H12ClN3OS. The lowest BCUT2D eigenvalue weighted by Crippen LogP contribution is -2.20. The zero-order valence-electron chi connectivity index (χ0n) is 12.0. The Morgan fingerprint density at radius 2 is 1.83 bits per heavy atom. The monoisotopic (exact) mass is 341 g/mol. The number of hydrogen-bond donors (Lipinski definition) is 0. The summed E-state index contributed by atoms with van der Waals surface area (Å²) in [6, 6.07) is 17.3. The molecule has 1 aliphatic heterocycles. The van der Waals surface area contributed by atoms with E-state index in [1.807, 2.05) is 54.6 Å². The molecule has 114 valence electrons. The van der Waals surface area contributed by atoms with Crippen molar-refractivity contribution in [3.8, 4) is 11.4 Å². The third-order valence-electron chi connectivity index (χ3n) is 3.70. The first-order chi connectivity index (χ1) is 11.2. The van der Waals surface area contributed by atoms with Crippen LogP contribution in [0.1, 0.15) is 22.0 Å². The number of carbonyl (C=O) groups is 1. The third-order valence-corrected chi connectivity index (χ3v) is 5.15. The Bertz CT molecular complexity index is 861. The van der Waals surface area contributed by atoms with E-state index in [1.54, 1.807) is 11.8 Å². The van der Waals surface area contributed by atoms with E-state index in [9.17, 15) is 4.79 Å². The predicted octanol–water partition coefficient (Wildman–Crippen LogP) is 4.48. The van der Waals surface area contributed by atoms with Crippen LogP contribution in [0.2, 0.25) is 5.02 Å². The van der Waals surface area contributed by atoms with E-state index in [2.05, 4.69) is 10.1 Å². The van der Waals surface area contributed by atoms with Crippen LogP contribution in [0, 0.1) is 0 Å². The van der Waals surface area contributed by atoms with E-state index < -0.39 is 0 Å².